The lowest BCUT2D eigenvalue weighted by molar-refractivity contribution is -0.0501. The Morgan fingerprint density at radius 3 is 2.79 bits per heavy atom. The van der Waals surface area contributed by atoms with E-state index in [-0.39, 0.29) is 6.10 Å². The summed E-state index contributed by atoms with van der Waals surface area (Å²) in [6.45, 7) is 3.84. The third-order valence-corrected chi connectivity index (χ3v) is 4.46. The average Bonchev–Trinajstić information content (AvgIpc) is 2.86. The third kappa shape index (κ3) is 3.26. The van der Waals surface area contributed by atoms with Crippen molar-refractivity contribution in [3.8, 4) is 5.88 Å². The Kier molecular flexibility index (Phi) is 4.08. The second-order valence-corrected chi connectivity index (χ2v) is 6.89. The van der Waals surface area contributed by atoms with Crippen LogP contribution in [0, 0.1) is 0 Å². The summed E-state index contributed by atoms with van der Waals surface area (Å²) >= 11 is 0. The molecule has 1 fully saturated rings. The molecule has 3 heterocycles. The Hall–Kier alpha value is -2.01. The van der Waals surface area contributed by atoms with E-state index in [1.165, 1.54) is 4.52 Å². The first-order chi connectivity index (χ1) is 11.2. The molecule has 2 aromatic rings. The van der Waals surface area contributed by atoms with Gasteiger partial charge in [0, 0.05) is 19.2 Å². The molecule has 0 aliphatic carbocycles. The van der Waals surface area contributed by atoms with Crippen LogP contribution in [-0.4, -0.2) is 49.3 Å². The van der Waals surface area contributed by atoms with Crippen LogP contribution in [0.5, 0.6) is 5.88 Å². The number of halogens is 3. The normalized spacial score (nSPS) is 19.7. The number of nitrogens with zero attached hydrogens (tertiary/aromatic N) is 3. The summed E-state index contributed by atoms with van der Waals surface area (Å²) in [7, 11) is -5.74. The molecular weight excluding hydrogens is 351 g/mol. The fourth-order valence-electron chi connectivity index (χ4n) is 2.39. The maximum absolute atomic E-state index is 12.4. The number of morpholine rings is 1. The number of anilines is 1. The minimum Gasteiger partial charge on any atom is -0.375 e. The maximum Gasteiger partial charge on any atom is 0.534 e. The van der Waals surface area contributed by atoms with Crippen LogP contribution >= 0.6 is 0 Å². The molecule has 132 valence electrons. The minimum absolute atomic E-state index is 0.0582. The van der Waals surface area contributed by atoms with E-state index in [1.807, 2.05) is 11.8 Å². The Balaban J connectivity index is 1.87. The van der Waals surface area contributed by atoms with Gasteiger partial charge in [0.25, 0.3) is 5.88 Å². The Labute approximate surface area is 135 Å². The van der Waals surface area contributed by atoms with E-state index in [1.54, 1.807) is 18.3 Å². The van der Waals surface area contributed by atoms with Crippen molar-refractivity contribution in [1.29, 1.82) is 0 Å². The summed E-state index contributed by atoms with van der Waals surface area (Å²) in [5.41, 5.74) is -4.30. The molecule has 24 heavy (non-hydrogen) atoms. The molecule has 7 nitrogen and oxygen atoms in total. The lowest BCUT2D eigenvalue weighted by Crippen LogP contribution is -2.41. The molecule has 0 saturated carbocycles. The van der Waals surface area contributed by atoms with Crippen molar-refractivity contribution in [2.75, 3.05) is 24.6 Å². The number of hydrogen-bond acceptors (Lipinski definition) is 6. The minimum atomic E-state index is -5.74. The number of aromatic nitrogens is 2. The molecule has 1 atom stereocenters. The number of alkyl halides is 3. The van der Waals surface area contributed by atoms with Gasteiger partial charge in [-0.2, -0.15) is 21.6 Å². The summed E-state index contributed by atoms with van der Waals surface area (Å²) in [5, 5.41) is 3.74. The standard InChI is InChI=1S/C13H14F3N3O4S/c1-9-7-18(4-5-22-9)11-3-2-10-6-12(17-19(10)8-11)23-24(20,21)13(14,15)16/h2-3,6,8-9H,4-5,7H2,1H3. The number of fused-ring (bicyclic) bond motifs is 1. The highest BCUT2D eigenvalue weighted by atomic mass is 32.2. The predicted molar refractivity (Wildman–Crippen MR) is 78.4 cm³/mol. The van der Waals surface area contributed by atoms with Gasteiger partial charge in [-0.3, -0.25) is 0 Å². The van der Waals surface area contributed by atoms with Crippen LogP contribution in [0.15, 0.2) is 24.4 Å². The summed E-state index contributed by atoms with van der Waals surface area (Å²) in [4.78, 5) is 2.04. The van der Waals surface area contributed by atoms with Crippen molar-refractivity contribution in [3.05, 3.63) is 24.4 Å². The zero-order chi connectivity index (χ0) is 17.5. The Morgan fingerprint density at radius 2 is 2.12 bits per heavy atom. The number of pyridine rings is 1. The van der Waals surface area contributed by atoms with Gasteiger partial charge in [0.05, 0.1) is 30.1 Å². The van der Waals surface area contributed by atoms with Crippen LogP contribution in [0.25, 0.3) is 5.52 Å². The van der Waals surface area contributed by atoms with E-state index in [0.717, 1.165) is 11.8 Å². The van der Waals surface area contributed by atoms with Crippen molar-refractivity contribution in [2.45, 2.75) is 18.5 Å². The molecule has 0 aromatic carbocycles. The van der Waals surface area contributed by atoms with E-state index >= 15 is 0 Å². The zero-order valence-corrected chi connectivity index (χ0v) is 13.3. The highest BCUT2D eigenvalue weighted by Crippen LogP contribution is 2.27. The first-order valence-electron chi connectivity index (χ1n) is 7.02. The van der Waals surface area contributed by atoms with Crippen molar-refractivity contribution >= 4 is 21.3 Å². The molecule has 2 aromatic heterocycles. The lowest BCUT2D eigenvalue weighted by Gasteiger charge is -2.32. The first-order valence-corrected chi connectivity index (χ1v) is 8.43. The summed E-state index contributed by atoms with van der Waals surface area (Å²) < 4.78 is 69.9. The van der Waals surface area contributed by atoms with Crippen LogP contribution in [0.2, 0.25) is 0 Å². The summed E-state index contributed by atoms with van der Waals surface area (Å²) in [6.07, 6.45) is 1.66. The molecule has 0 spiro atoms. The van der Waals surface area contributed by atoms with Crippen LogP contribution in [0.1, 0.15) is 6.92 Å². The molecule has 0 N–H and O–H groups in total. The molecule has 1 unspecified atom stereocenters. The van der Waals surface area contributed by atoms with Crippen LogP contribution < -0.4 is 9.08 Å². The van der Waals surface area contributed by atoms with Crippen LogP contribution in [0.3, 0.4) is 0 Å². The van der Waals surface area contributed by atoms with E-state index in [0.29, 0.717) is 25.2 Å². The molecule has 1 saturated heterocycles. The van der Waals surface area contributed by atoms with Crippen molar-refractivity contribution in [1.82, 2.24) is 9.61 Å². The molecule has 0 radical (unpaired) electrons. The quantitative estimate of drug-likeness (QED) is 0.610. The molecular formula is C13H14F3N3O4S. The molecule has 0 amide bonds. The van der Waals surface area contributed by atoms with Gasteiger partial charge in [-0.1, -0.05) is 0 Å². The van der Waals surface area contributed by atoms with Gasteiger partial charge in [-0.05, 0) is 19.1 Å². The lowest BCUT2D eigenvalue weighted by atomic mass is 10.2. The SMILES string of the molecule is CC1CN(c2ccc3cc(OS(=O)(=O)C(F)(F)F)nn3c2)CCO1. The van der Waals surface area contributed by atoms with Gasteiger partial charge < -0.3 is 13.8 Å². The molecule has 11 heteroatoms. The first kappa shape index (κ1) is 16.8. The van der Waals surface area contributed by atoms with Gasteiger partial charge in [-0.25, -0.2) is 4.52 Å². The second kappa shape index (κ2) is 5.81. The molecule has 1 aliphatic rings. The maximum atomic E-state index is 12.4. The smallest absolute Gasteiger partial charge is 0.375 e. The average molecular weight is 365 g/mol. The fourth-order valence-corrected chi connectivity index (χ4v) is 2.79. The Bertz CT molecular complexity index is 850. The van der Waals surface area contributed by atoms with Crippen molar-refractivity contribution in [2.24, 2.45) is 0 Å². The van der Waals surface area contributed by atoms with Gasteiger partial charge in [0.2, 0.25) is 0 Å². The number of rotatable bonds is 3. The third-order valence-electron chi connectivity index (χ3n) is 3.51. The molecule has 3 rings (SSSR count). The largest absolute Gasteiger partial charge is 0.534 e. The highest BCUT2D eigenvalue weighted by Gasteiger charge is 2.49. The van der Waals surface area contributed by atoms with Gasteiger partial charge in [-0.15, -0.1) is 5.10 Å². The number of hydrogen-bond donors (Lipinski definition) is 0. The molecule has 0 bridgehead atoms. The van der Waals surface area contributed by atoms with E-state index < -0.39 is 21.5 Å². The summed E-state index contributed by atoms with van der Waals surface area (Å²) in [5.74, 6) is -0.639. The Morgan fingerprint density at radius 1 is 1.38 bits per heavy atom. The van der Waals surface area contributed by atoms with E-state index in [2.05, 4.69) is 9.28 Å². The summed E-state index contributed by atoms with van der Waals surface area (Å²) in [6, 6.07) is 4.52. The molecule has 1 aliphatic heterocycles. The number of ether oxygens (including phenoxy) is 1. The fraction of sp³-hybridized carbons (Fsp3) is 0.462. The topological polar surface area (TPSA) is 73.1 Å². The van der Waals surface area contributed by atoms with Gasteiger partial charge in [0.1, 0.15) is 0 Å². The van der Waals surface area contributed by atoms with E-state index in [9.17, 15) is 21.6 Å². The second-order valence-electron chi connectivity index (χ2n) is 5.35. The highest BCUT2D eigenvalue weighted by molar-refractivity contribution is 7.87. The van der Waals surface area contributed by atoms with Crippen molar-refractivity contribution in [3.63, 3.8) is 0 Å². The van der Waals surface area contributed by atoms with E-state index in [4.69, 9.17) is 4.74 Å². The predicted octanol–water partition coefficient (Wildman–Crippen LogP) is 1.79. The van der Waals surface area contributed by atoms with Crippen LogP contribution in [0.4, 0.5) is 18.9 Å². The van der Waals surface area contributed by atoms with Gasteiger partial charge in [0.15, 0.2) is 0 Å². The van der Waals surface area contributed by atoms with Crippen molar-refractivity contribution < 1.29 is 30.5 Å². The monoisotopic (exact) mass is 365 g/mol. The van der Waals surface area contributed by atoms with Gasteiger partial charge >= 0.3 is 15.6 Å². The zero-order valence-electron chi connectivity index (χ0n) is 12.5. The van der Waals surface area contributed by atoms with Crippen LogP contribution in [-0.2, 0) is 14.9 Å².